The number of aryl methyl sites for hydroxylation is 5. The first kappa shape index (κ1) is 15.1. The van der Waals surface area contributed by atoms with Crippen molar-refractivity contribution >= 4 is 15.9 Å². The molecule has 0 radical (unpaired) electrons. The molecule has 0 aliphatic heterocycles. The number of aromatic nitrogens is 2. The molecule has 0 N–H and O–H groups in total. The Morgan fingerprint density at radius 1 is 1.20 bits per heavy atom. The van der Waals surface area contributed by atoms with Crippen LogP contribution in [0.4, 0.5) is 0 Å². The fourth-order valence-corrected chi connectivity index (χ4v) is 3.24. The van der Waals surface area contributed by atoms with Crippen LogP contribution in [0.3, 0.4) is 0 Å². The van der Waals surface area contributed by atoms with Crippen LogP contribution in [-0.4, -0.2) is 9.78 Å². The van der Waals surface area contributed by atoms with E-state index in [1.807, 2.05) is 11.7 Å². The molecule has 0 bridgehead atoms. The van der Waals surface area contributed by atoms with Crippen LogP contribution in [0.5, 0.6) is 5.75 Å². The number of benzene rings is 1. The lowest BCUT2D eigenvalue weighted by Gasteiger charge is -2.13. The van der Waals surface area contributed by atoms with Crippen molar-refractivity contribution in [1.82, 2.24) is 9.78 Å². The van der Waals surface area contributed by atoms with Gasteiger partial charge in [-0.2, -0.15) is 5.10 Å². The molecule has 1 heterocycles. The lowest BCUT2D eigenvalue weighted by molar-refractivity contribution is 0.290. The van der Waals surface area contributed by atoms with Crippen molar-refractivity contribution in [1.29, 1.82) is 0 Å². The van der Waals surface area contributed by atoms with E-state index in [1.54, 1.807) is 0 Å². The van der Waals surface area contributed by atoms with E-state index in [2.05, 4.69) is 60.9 Å². The third-order valence-electron chi connectivity index (χ3n) is 3.46. The Morgan fingerprint density at radius 3 is 2.30 bits per heavy atom. The summed E-state index contributed by atoms with van der Waals surface area (Å²) >= 11 is 3.62. The Morgan fingerprint density at radius 2 is 1.80 bits per heavy atom. The van der Waals surface area contributed by atoms with Gasteiger partial charge in [0, 0.05) is 7.05 Å². The Balaban J connectivity index is 2.24. The maximum Gasteiger partial charge on any atom is 0.131 e. The molecule has 0 aliphatic rings. The van der Waals surface area contributed by atoms with Crippen LogP contribution in [0.1, 0.15) is 35.0 Å². The highest BCUT2D eigenvalue weighted by Gasteiger charge is 2.14. The van der Waals surface area contributed by atoms with Gasteiger partial charge in [0.1, 0.15) is 12.4 Å². The average molecular weight is 337 g/mol. The first-order valence-electron chi connectivity index (χ1n) is 6.85. The zero-order valence-electron chi connectivity index (χ0n) is 12.7. The number of hydrogen-bond donors (Lipinski definition) is 0. The van der Waals surface area contributed by atoms with Gasteiger partial charge < -0.3 is 4.74 Å². The normalized spacial score (nSPS) is 10.9. The maximum absolute atomic E-state index is 6.04. The summed E-state index contributed by atoms with van der Waals surface area (Å²) in [5, 5.41) is 4.49. The SMILES string of the molecule is CCc1nn(C)c(COc2c(C)cc(C)cc2C)c1Br. The first-order chi connectivity index (χ1) is 9.43. The van der Waals surface area contributed by atoms with E-state index in [-0.39, 0.29) is 0 Å². The zero-order valence-corrected chi connectivity index (χ0v) is 14.3. The van der Waals surface area contributed by atoms with Gasteiger partial charge >= 0.3 is 0 Å². The van der Waals surface area contributed by atoms with E-state index in [4.69, 9.17) is 4.74 Å². The van der Waals surface area contributed by atoms with Crippen molar-refractivity contribution < 1.29 is 4.74 Å². The second kappa shape index (κ2) is 6.00. The summed E-state index contributed by atoms with van der Waals surface area (Å²) in [5.41, 5.74) is 5.76. The molecule has 0 saturated carbocycles. The second-order valence-corrected chi connectivity index (χ2v) is 5.99. The first-order valence-corrected chi connectivity index (χ1v) is 7.64. The molecule has 3 nitrogen and oxygen atoms in total. The predicted molar refractivity (Wildman–Crippen MR) is 85.3 cm³/mol. The quantitative estimate of drug-likeness (QED) is 0.834. The Bertz CT molecular complexity index is 609. The van der Waals surface area contributed by atoms with Crippen LogP contribution in [0.25, 0.3) is 0 Å². The van der Waals surface area contributed by atoms with Crippen molar-refractivity contribution in [3.05, 3.63) is 44.7 Å². The van der Waals surface area contributed by atoms with Crippen LogP contribution in [0.2, 0.25) is 0 Å². The van der Waals surface area contributed by atoms with E-state index < -0.39 is 0 Å². The molecule has 0 spiro atoms. The number of rotatable bonds is 4. The average Bonchev–Trinajstić information content (AvgIpc) is 2.64. The predicted octanol–water partition coefficient (Wildman–Crippen LogP) is 4.25. The molecule has 2 aromatic rings. The number of nitrogens with zero attached hydrogens (tertiary/aromatic N) is 2. The fraction of sp³-hybridized carbons (Fsp3) is 0.438. The van der Waals surface area contributed by atoms with Gasteiger partial charge in [-0.1, -0.05) is 24.6 Å². The van der Waals surface area contributed by atoms with Crippen molar-refractivity contribution in [2.75, 3.05) is 0 Å². The minimum Gasteiger partial charge on any atom is -0.487 e. The molecule has 0 aliphatic carbocycles. The molecule has 1 aromatic carbocycles. The van der Waals surface area contributed by atoms with Gasteiger partial charge in [-0.05, 0) is 54.2 Å². The van der Waals surface area contributed by atoms with E-state index in [0.717, 1.165) is 28.0 Å². The molecule has 0 amide bonds. The summed E-state index contributed by atoms with van der Waals surface area (Å²) in [6, 6.07) is 4.30. The van der Waals surface area contributed by atoms with Crippen LogP contribution in [-0.2, 0) is 20.1 Å². The summed E-state index contributed by atoms with van der Waals surface area (Å²) in [6.07, 6.45) is 0.914. The van der Waals surface area contributed by atoms with Crippen molar-refractivity contribution in [2.45, 2.75) is 40.7 Å². The molecule has 0 saturated heterocycles. The molecule has 4 heteroatoms. The van der Waals surface area contributed by atoms with Crippen LogP contribution in [0.15, 0.2) is 16.6 Å². The van der Waals surface area contributed by atoms with Gasteiger partial charge in [-0.25, -0.2) is 0 Å². The Hall–Kier alpha value is -1.29. The highest BCUT2D eigenvalue weighted by atomic mass is 79.9. The van der Waals surface area contributed by atoms with Gasteiger partial charge in [0.05, 0.1) is 15.9 Å². The van der Waals surface area contributed by atoms with Crippen molar-refractivity contribution in [2.24, 2.45) is 7.05 Å². The summed E-state index contributed by atoms with van der Waals surface area (Å²) in [5.74, 6) is 0.974. The monoisotopic (exact) mass is 336 g/mol. The van der Waals surface area contributed by atoms with Gasteiger partial charge in [-0.3, -0.25) is 4.68 Å². The van der Waals surface area contributed by atoms with Crippen LogP contribution < -0.4 is 4.74 Å². The molecule has 1 aromatic heterocycles. The largest absolute Gasteiger partial charge is 0.487 e. The lowest BCUT2D eigenvalue weighted by Crippen LogP contribution is -2.05. The smallest absolute Gasteiger partial charge is 0.131 e. The number of ether oxygens (including phenoxy) is 1. The van der Waals surface area contributed by atoms with Crippen LogP contribution in [0, 0.1) is 20.8 Å². The van der Waals surface area contributed by atoms with Gasteiger partial charge in [-0.15, -0.1) is 0 Å². The van der Waals surface area contributed by atoms with Crippen molar-refractivity contribution in [3.63, 3.8) is 0 Å². The number of hydrogen-bond acceptors (Lipinski definition) is 2. The fourth-order valence-electron chi connectivity index (χ4n) is 2.51. The molecular formula is C16H21BrN2O. The molecule has 0 fully saturated rings. The zero-order chi connectivity index (χ0) is 14.9. The van der Waals surface area contributed by atoms with Crippen molar-refractivity contribution in [3.8, 4) is 5.75 Å². The topological polar surface area (TPSA) is 27.1 Å². The summed E-state index contributed by atoms with van der Waals surface area (Å²) in [7, 11) is 1.96. The van der Waals surface area contributed by atoms with E-state index in [9.17, 15) is 0 Å². The highest BCUT2D eigenvalue weighted by molar-refractivity contribution is 9.10. The molecule has 0 unspecified atom stereocenters. The highest BCUT2D eigenvalue weighted by Crippen LogP contribution is 2.27. The summed E-state index contributed by atoms with van der Waals surface area (Å²) in [4.78, 5) is 0. The Kier molecular flexibility index (Phi) is 4.53. The number of halogens is 1. The standard InChI is InChI=1S/C16H21BrN2O/c1-6-13-15(17)14(19(5)18-13)9-20-16-11(3)7-10(2)8-12(16)4/h7-8H,6,9H2,1-5H3. The Labute approximate surface area is 129 Å². The maximum atomic E-state index is 6.04. The molecule has 0 atom stereocenters. The van der Waals surface area contributed by atoms with Gasteiger partial charge in [0.15, 0.2) is 0 Å². The minimum atomic E-state index is 0.523. The summed E-state index contributed by atoms with van der Waals surface area (Å²) in [6.45, 7) is 8.91. The third kappa shape index (κ3) is 2.90. The molecule has 108 valence electrons. The van der Waals surface area contributed by atoms with Crippen LogP contribution >= 0.6 is 15.9 Å². The van der Waals surface area contributed by atoms with E-state index in [0.29, 0.717) is 6.61 Å². The van der Waals surface area contributed by atoms with E-state index in [1.165, 1.54) is 16.7 Å². The minimum absolute atomic E-state index is 0.523. The molecule has 2 rings (SSSR count). The molecule has 20 heavy (non-hydrogen) atoms. The summed E-state index contributed by atoms with van der Waals surface area (Å²) < 4.78 is 8.99. The third-order valence-corrected chi connectivity index (χ3v) is 4.38. The lowest BCUT2D eigenvalue weighted by atomic mass is 10.1. The molecular weight excluding hydrogens is 316 g/mol. The van der Waals surface area contributed by atoms with E-state index >= 15 is 0 Å². The van der Waals surface area contributed by atoms with Gasteiger partial charge in [0.2, 0.25) is 0 Å². The second-order valence-electron chi connectivity index (χ2n) is 5.20. The van der Waals surface area contributed by atoms with Gasteiger partial charge in [0.25, 0.3) is 0 Å².